The van der Waals surface area contributed by atoms with Gasteiger partial charge in [-0.3, -0.25) is 0 Å². The number of thioether (sulfide) groups is 1. The zero-order valence-corrected chi connectivity index (χ0v) is 8.01. The molecule has 72 valence electrons. The van der Waals surface area contributed by atoms with Crippen LogP contribution in [-0.2, 0) is 4.74 Å². The van der Waals surface area contributed by atoms with E-state index in [1.54, 1.807) is 11.8 Å². The number of H-pyrrole nitrogens is 1. The van der Waals surface area contributed by atoms with Crippen LogP contribution in [0.15, 0.2) is 5.16 Å². The van der Waals surface area contributed by atoms with E-state index >= 15 is 0 Å². The summed E-state index contributed by atoms with van der Waals surface area (Å²) in [5, 5.41) is 7.22. The van der Waals surface area contributed by atoms with Crippen LogP contribution in [0.1, 0.15) is 12.8 Å². The van der Waals surface area contributed by atoms with Gasteiger partial charge in [-0.1, -0.05) is 11.8 Å². The Morgan fingerprint density at radius 3 is 3.23 bits per heavy atom. The molecule has 5 nitrogen and oxygen atoms in total. The molecule has 0 bridgehead atoms. The van der Waals surface area contributed by atoms with E-state index in [0.29, 0.717) is 17.2 Å². The van der Waals surface area contributed by atoms with E-state index in [0.717, 1.165) is 18.8 Å². The summed E-state index contributed by atoms with van der Waals surface area (Å²) in [5.74, 6) is 1.28. The number of nitrogens with zero attached hydrogens (tertiary/aromatic N) is 2. The molecule has 1 aromatic rings. The first-order valence-electron chi connectivity index (χ1n) is 4.27. The predicted octanol–water partition coefficient (Wildman–Crippen LogP) is 0.658. The molecule has 1 saturated heterocycles. The number of nitrogens with one attached hydrogen (secondary N) is 1. The van der Waals surface area contributed by atoms with Crippen LogP contribution in [0.25, 0.3) is 0 Å². The van der Waals surface area contributed by atoms with Crippen molar-refractivity contribution in [1.29, 1.82) is 0 Å². The van der Waals surface area contributed by atoms with Gasteiger partial charge in [-0.25, -0.2) is 5.10 Å². The lowest BCUT2D eigenvalue weighted by atomic mass is 10.3. The lowest BCUT2D eigenvalue weighted by molar-refractivity contribution is 0.129. The van der Waals surface area contributed by atoms with Crippen molar-refractivity contribution in [2.45, 2.75) is 24.1 Å². The normalized spacial score (nSPS) is 22.3. The second-order valence-electron chi connectivity index (χ2n) is 2.95. The molecule has 0 aliphatic carbocycles. The molecular formula is C7H12N4OS. The minimum atomic E-state index is 0.365. The second-order valence-corrected chi connectivity index (χ2v) is 3.94. The van der Waals surface area contributed by atoms with Crippen LogP contribution >= 0.6 is 11.8 Å². The molecule has 3 N–H and O–H groups in total. The maximum atomic E-state index is 5.46. The Morgan fingerprint density at radius 1 is 1.69 bits per heavy atom. The summed E-state index contributed by atoms with van der Waals surface area (Å²) in [6.07, 6.45) is 2.68. The Kier molecular flexibility index (Phi) is 2.70. The van der Waals surface area contributed by atoms with Crippen molar-refractivity contribution in [2.75, 3.05) is 18.1 Å². The van der Waals surface area contributed by atoms with Crippen LogP contribution < -0.4 is 5.73 Å². The third-order valence-corrected chi connectivity index (χ3v) is 2.88. The van der Waals surface area contributed by atoms with E-state index in [1.165, 1.54) is 6.42 Å². The van der Waals surface area contributed by atoms with E-state index in [4.69, 9.17) is 10.5 Å². The quantitative estimate of drug-likeness (QED) is 0.701. The smallest absolute Gasteiger partial charge is 0.216 e. The van der Waals surface area contributed by atoms with Gasteiger partial charge in [0.05, 0.1) is 6.10 Å². The molecule has 1 aliphatic rings. The Morgan fingerprint density at radius 2 is 2.62 bits per heavy atom. The van der Waals surface area contributed by atoms with Gasteiger partial charge in [-0.05, 0) is 12.8 Å². The minimum absolute atomic E-state index is 0.365. The predicted molar refractivity (Wildman–Crippen MR) is 50.5 cm³/mol. The number of nitrogen functional groups attached to an aromatic ring is 1. The number of aromatic amines is 1. The first kappa shape index (κ1) is 8.83. The summed E-state index contributed by atoms with van der Waals surface area (Å²) < 4.78 is 5.46. The molecule has 0 radical (unpaired) electrons. The summed E-state index contributed by atoms with van der Waals surface area (Å²) in [4.78, 5) is 3.99. The number of ether oxygens (including phenoxy) is 1. The topological polar surface area (TPSA) is 76.8 Å². The molecule has 0 spiro atoms. The van der Waals surface area contributed by atoms with Crippen LogP contribution in [0, 0.1) is 0 Å². The van der Waals surface area contributed by atoms with Crippen LogP contribution in [0.2, 0.25) is 0 Å². The highest BCUT2D eigenvalue weighted by molar-refractivity contribution is 7.99. The van der Waals surface area contributed by atoms with Crippen LogP contribution in [-0.4, -0.2) is 33.6 Å². The van der Waals surface area contributed by atoms with Crippen LogP contribution in [0.3, 0.4) is 0 Å². The Labute approximate surface area is 80.4 Å². The van der Waals surface area contributed by atoms with Crippen molar-refractivity contribution in [3.05, 3.63) is 0 Å². The minimum Gasteiger partial charge on any atom is -0.377 e. The highest BCUT2D eigenvalue weighted by Gasteiger charge is 2.16. The van der Waals surface area contributed by atoms with Crippen molar-refractivity contribution in [3.8, 4) is 0 Å². The average Bonchev–Trinajstić information content (AvgIpc) is 2.71. The van der Waals surface area contributed by atoms with E-state index in [9.17, 15) is 0 Å². The molecule has 6 heteroatoms. The molecule has 1 fully saturated rings. The van der Waals surface area contributed by atoms with E-state index in [-0.39, 0.29) is 0 Å². The van der Waals surface area contributed by atoms with Gasteiger partial charge in [0.25, 0.3) is 0 Å². The van der Waals surface area contributed by atoms with Crippen molar-refractivity contribution in [2.24, 2.45) is 0 Å². The maximum Gasteiger partial charge on any atom is 0.216 e. The summed E-state index contributed by atoms with van der Waals surface area (Å²) in [6.45, 7) is 0.890. The zero-order chi connectivity index (χ0) is 9.10. The number of hydrogen-bond donors (Lipinski definition) is 2. The zero-order valence-electron chi connectivity index (χ0n) is 7.19. The highest BCUT2D eigenvalue weighted by atomic mass is 32.2. The first-order chi connectivity index (χ1) is 6.34. The Bertz CT molecular complexity index is 271. The van der Waals surface area contributed by atoms with Gasteiger partial charge < -0.3 is 10.5 Å². The molecule has 2 rings (SSSR count). The molecule has 1 aromatic heterocycles. The van der Waals surface area contributed by atoms with Gasteiger partial charge in [0.2, 0.25) is 11.1 Å². The van der Waals surface area contributed by atoms with E-state index < -0.39 is 0 Å². The third kappa shape index (κ3) is 2.35. The molecule has 0 aromatic carbocycles. The molecular weight excluding hydrogens is 188 g/mol. The second kappa shape index (κ2) is 3.97. The lowest BCUT2D eigenvalue weighted by Gasteiger charge is -2.05. The molecule has 0 unspecified atom stereocenters. The number of aromatic nitrogens is 3. The van der Waals surface area contributed by atoms with Crippen molar-refractivity contribution in [3.63, 3.8) is 0 Å². The van der Waals surface area contributed by atoms with Crippen molar-refractivity contribution in [1.82, 2.24) is 15.2 Å². The van der Waals surface area contributed by atoms with Gasteiger partial charge in [-0.15, -0.1) is 5.10 Å². The van der Waals surface area contributed by atoms with Crippen LogP contribution in [0.4, 0.5) is 5.95 Å². The van der Waals surface area contributed by atoms with Crippen LogP contribution in [0.5, 0.6) is 0 Å². The Balaban J connectivity index is 1.78. The fourth-order valence-corrected chi connectivity index (χ4v) is 2.14. The molecule has 1 aliphatic heterocycles. The summed E-state index contributed by atoms with van der Waals surface area (Å²) in [5.41, 5.74) is 5.39. The fourth-order valence-electron chi connectivity index (χ4n) is 1.27. The molecule has 2 heterocycles. The monoisotopic (exact) mass is 200 g/mol. The van der Waals surface area contributed by atoms with E-state index in [1.807, 2.05) is 0 Å². The highest BCUT2D eigenvalue weighted by Crippen LogP contribution is 2.20. The van der Waals surface area contributed by atoms with Crippen molar-refractivity contribution < 1.29 is 4.74 Å². The largest absolute Gasteiger partial charge is 0.377 e. The lowest BCUT2D eigenvalue weighted by Crippen LogP contribution is -2.07. The van der Waals surface area contributed by atoms with Gasteiger partial charge >= 0.3 is 0 Å². The van der Waals surface area contributed by atoms with Gasteiger partial charge in [0.15, 0.2) is 0 Å². The third-order valence-electron chi connectivity index (χ3n) is 1.90. The molecule has 13 heavy (non-hydrogen) atoms. The van der Waals surface area contributed by atoms with Gasteiger partial charge in [-0.2, -0.15) is 4.98 Å². The SMILES string of the molecule is Nc1nc(SC[C@H]2CCCO2)n[nH]1. The number of rotatable bonds is 3. The number of anilines is 1. The maximum absolute atomic E-state index is 5.46. The first-order valence-corrected chi connectivity index (χ1v) is 5.25. The summed E-state index contributed by atoms with van der Waals surface area (Å²) >= 11 is 1.58. The van der Waals surface area contributed by atoms with Crippen molar-refractivity contribution >= 4 is 17.7 Å². The Hall–Kier alpha value is -0.750. The number of nitrogens with two attached hydrogens (primary N) is 1. The van der Waals surface area contributed by atoms with E-state index in [2.05, 4.69) is 15.2 Å². The number of hydrogen-bond acceptors (Lipinski definition) is 5. The summed E-state index contributed by atoms with van der Waals surface area (Å²) in [7, 11) is 0. The molecule has 1 atom stereocenters. The molecule has 0 amide bonds. The van der Waals surface area contributed by atoms with Gasteiger partial charge in [0.1, 0.15) is 0 Å². The fraction of sp³-hybridized carbons (Fsp3) is 0.714. The van der Waals surface area contributed by atoms with Gasteiger partial charge in [0, 0.05) is 12.4 Å². The summed E-state index contributed by atoms with van der Waals surface area (Å²) in [6, 6.07) is 0. The molecule has 0 saturated carbocycles. The standard InChI is InChI=1S/C7H12N4OS/c8-6-9-7(11-10-6)13-4-5-2-1-3-12-5/h5H,1-4H2,(H3,8,9,10,11)/t5-/m1/s1. The average molecular weight is 200 g/mol.